The largest absolute Gasteiger partial charge is 0.377 e. The molecule has 1 unspecified atom stereocenters. The molecular weight excluding hydrogens is 308 g/mol. The number of hydrogen-bond acceptors (Lipinski definition) is 3. The third-order valence-electron chi connectivity index (χ3n) is 3.57. The van der Waals surface area contributed by atoms with Crippen LogP contribution in [0.15, 0.2) is 23.0 Å². The first kappa shape index (κ1) is 18.3. The quantitative estimate of drug-likeness (QED) is 0.580. The van der Waals surface area contributed by atoms with Gasteiger partial charge in [0.15, 0.2) is 0 Å². The Balaban J connectivity index is 0.00000220. The molecule has 0 spiro atoms. The third kappa shape index (κ3) is 5.49. The molecule has 120 valence electrons. The maximum Gasteiger partial charge on any atom is 0.231 e. The van der Waals surface area contributed by atoms with Crippen molar-refractivity contribution >= 4 is 34.9 Å². The summed E-state index contributed by atoms with van der Waals surface area (Å²) in [5.74, 6) is 0.810. The standard InChI is InChI=1S/C15H24N2O2S.ClH/c1-2-5-13(16)10-14-11-19-7-6-17(14)15(18)12-20-8-3-4-9-20;/h3-4,8-9,14,16,20H,2,5-7,10-12H2,1H3;1H. The van der Waals surface area contributed by atoms with Crippen LogP contribution in [0, 0.1) is 5.41 Å². The van der Waals surface area contributed by atoms with Crippen molar-refractivity contribution in [2.45, 2.75) is 32.2 Å². The first-order chi connectivity index (χ1) is 9.70. The van der Waals surface area contributed by atoms with Gasteiger partial charge in [0.2, 0.25) is 5.91 Å². The second-order valence-electron chi connectivity index (χ2n) is 5.23. The number of amides is 1. The van der Waals surface area contributed by atoms with Gasteiger partial charge in [0.25, 0.3) is 0 Å². The number of allylic oxidation sites excluding steroid dienone is 2. The number of nitrogens with zero attached hydrogens (tertiary/aromatic N) is 1. The molecule has 2 aliphatic rings. The minimum atomic E-state index is -0.402. The van der Waals surface area contributed by atoms with Crippen molar-refractivity contribution in [2.75, 3.05) is 25.5 Å². The van der Waals surface area contributed by atoms with E-state index in [0.29, 0.717) is 31.9 Å². The van der Waals surface area contributed by atoms with Crippen molar-refractivity contribution in [1.29, 1.82) is 5.41 Å². The van der Waals surface area contributed by atoms with E-state index in [9.17, 15) is 4.79 Å². The van der Waals surface area contributed by atoms with Gasteiger partial charge < -0.3 is 15.0 Å². The Morgan fingerprint density at radius 1 is 1.43 bits per heavy atom. The van der Waals surface area contributed by atoms with Gasteiger partial charge in [-0.2, -0.15) is 0 Å². The summed E-state index contributed by atoms with van der Waals surface area (Å²) < 4.78 is 5.50. The highest BCUT2D eigenvalue weighted by atomic mass is 35.5. The molecule has 0 aliphatic carbocycles. The highest BCUT2D eigenvalue weighted by molar-refractivity contribution is 8.22. The second-order valence-corrected chi connectivity index (χ2v) is 7.17. The molecule has 1 fully saturated rings. The van der Waals surface area contributed by atoms with Crippen LogP contribution in [0.3, 0.4) is 0 Å². The van der Waals surface area contributed by atoms with E-state index in [0.717, 1.165) is 18.6 Å². The van der Waals surface area contributed by atoms with E-state index < -0.39 is 10.9 Å². The maximum absolute atomic E-state index is 12.5. The number of carbonyl (C=O) groups excluding carboxylic acids is 1. The number of nitrogens with one attached hydrogen (secondary N) is 1. The highest BCUT2D eigenvalue weighted by Gasteiger charge is 2.28. The molecule has 2 heterocycles. The molecule has 0 aromatic heterocycles. The Hall–Kier alpha value is -0.780. The van der Waals surface area contributed by atoms with Crippen molar-refractivity contribution in [3.05, 3.63) is 23.0 Å². The van der Waals surface area contributed by atoms with Crippen LogP contribution in [-0.2, 0) is 9.53 Å². The van der Waals surface area contributed by atoms with Crippen molar-refractivity contribution < 1.29 is 9.53 Å². The fourth-order valence-corrected chi connectivity index (χ4v) is 4.01. The third-order valence-corrected chi connectivity index (χ3v) is 5.31. The summed E-state index contributed by atoms with van der Waals surface area (Å²) in [4.78, 5) is 14.4. The molecule has 1 atom stereocenters. The molecule has 0 aromatic rings. The van der Waals surface area contributed by atoms with E-state index in [1.165, 1.54) is 0 Å². The Morgan fingerprint density at radius 3 is 2.81 bits per heavy atom. The van der Waals surface area contributed by atoms with Gasteiger partial charge in [-0.05, 0) is 17.2 Å². The summed E-state index contributed by atoms with van der Waals surface area (Å²) in [6, 6.07) is 0.0564. The lowest BCUT2D eigenvalue weighted by atomic mass is 10.0. The zero-order valence-corrected chi connectivity index (χ0v) is 14.2. The molecule has 0 saturated carbocycles. The van der Waals surface area contributed by atoms with Crippen molar-refractivity contribution in [3.8, 4) is 0 Å². The molecule has 4 nitrogen and oxygen atoms in total. The average molecular weight is 333 g/mol. The Kier molecular flexibility index (Phi) is 8.07. The zero-order valence-electron chi connectivity index (χ0n) is 12.5. The van der Waals surface area contributed by atoms with Gasteiger partial charge in [0, 0.05) is 18.7 Å². The van der Waals surface area contributed by atoms with E-state index in [2.05, 4.69) is 17.7 Å². The summed E-state index contributed by atoms with van der Waals surface area (Å²) >= 11 is 0. The van der Waals surface area contributed by atoms with Crippen molar-refractivity contribution in [1.82, 2.24) is 4.90 Å². The minimum absolute atomic E-state index is 0. The van der Waals surface area contributed by atoms with Gasteiger partial charge in [-0.3, -0.25) is 4.79 Å². The molecular formula is C15H25ClN2O2S. The molecule has 0 aromatic carbocycles. The highest BCUT2D eigenvalue weighted by Crippen LogP contribution is 2.33. The number of hydrogen-bond donors (Lipinski definition) is 2. The van der Waals surface area contributed by atoms with Crippen LogP contribution in [-0.4, -0.2) is 48.1 Å². The van der Waals surface area contributed by atoms with Crippen molar-refractivity contribution in [3.63, 3.8) is 0 Å². The van der Waals surface area contributed by atoms with Gasteiger partial charge in [0.05, 0.1) is 25.0 Å². The molecule has 21 heavy (non-hydrogen) atoms. The van der Waals surface area contributed by atoms with E-state index in [-0.39, 0.29) is 24.4 Å². The van der Waals surface area contributed by atoms with E-state index >= 15 is 0 Å². The Labute approximate surface area is 135 Å². The van der Waals surface area contributed by atoms with Crippen molar-refractivity contribution in [2.24, 2.45) is 0 Å². The maximum atomic E-state index is 12.5. The van der Waals surface area contributed by atoms with Crippen LogP contribution in [0.2, 0.25) is 0 Å². The lowest BCUT2D eigenvalue weighted by Crippen LogP contribution is -2.50. The van der Waals surface area contributed by atoms with Crippen LogP contribution in [0.5, 0.6) is 0 Å². The molecule has 1 saturated heterocycles. The number of morpholine rings is 1. The minimum Gasteiger partial charge on any atom is -0.377 e. The molecule has 0 bridgehead atoms. The van der Waals surface area contributed by atoms with Gasteiger partial charge >= 0.3 is 0 Å². The molecule has 1 N–H and O–H groups in total. The Morgan fingerprint density at radius 2 is 2.14 bits per heavy atom. The smallest absolute Gasteiger partial charge is 0.231 e. The monoisotopic (exact) mass is 332 g/mol. The summed E-state index contributed by atoms with van der Waals surface area (Å²) in [6.45, 7) is 3.93. The van der Waals surface area contributed by atoms with Crippen LogP contribution in [0.1, 0.15) is 26.2 Å². The summed E-state index contributed by atoms with van der Waals surface area (Å²) in [7, 11) is -0.402. The Bertz CT molecular complexity index is 414. The average Bonchev–Trinajstić information content (AvgIpc) is 2.92. The van der Waals surface area contributed by atoms with Crippen LogP contribution >= 0.6 is 23.3 Å². The lowest BCUT2D eigenvalue weighted by Gasteiger charge is -2.36. The molecule has 2 aliphatic heterocycles. The topological polar surface area (TPSA) is 53.4 Å². The van der Waals surface area contributed by atoms with Gasteiger partial charge in [-0.25, -0.2) is 10.9 Å². The van der Waals surface area contributed by atoms with Crippen LogP contribution in [0.25, 0.3) is 0 Å². The molecule has 0 radical (unpaired) electrons. The predicted molar refractivity (Wildman–Crippen MR) is 93.0 cm³/mol. The van der Waals surface area contributed by atoms with E-state index in [4.69, 9.17) is 10.1 Å². The zero-order chi connectivity index (χ0) is 14.4. The fourth-order valence-electron chi connectivity index (χ4n) is 2.56. The number of halogens is 1. The number of carbonyl (C=O) groups is 1. The number of ether oxygens (including phenoxy) is 1. The first-order valence-corrected chi connectivity index (χ1v) is 8.91. The first-order valence-electron chi connectivity index (χ1n) is 7.25. The fraction of sp³-hybridized carbons (Fsp3) is 0.600. The summed E-state index contributed by atoms with van der Waals surface area (Å²) in [5, 5.41) is 12.2. The van der Waals surface area contributed by atoms with Gasteiger partial charge in [-0.1, -0.05) is 25.5 Å². The lowest BCUT2D eigenvalue weighted by molar-refractivity contribution is -0.136. The molecule has 1 amide bonds. The van der Waals surface area contributed by atoms with E-state index in [1.54, 1.807) is 0 Å². The number of rotatable bonds is 6. The van der Waals surface area contributed by atoms with Gasteiger partial charge in [-0.15, -0.1) is 12.4 Å². The number of thiol groups is 1. The summed E-state index contributed by atoms with van der Waals surface area (Å²) in [5.41, 5.74) is 0.729. The second kappa shape index (κ2) is 9.28. The summed E-state index contributed by atoms with van der Waals surface area (Å²) in [6.07, 6.45) is 6.50. The van der Waals surface area contributed by atoms with E-state index in [1.807, 2.05) is 17.1 Å². The van der Waals surface area contributed by atoms with Gasteiger partial charge in [0.1, 0.15) is 0 Å². The molecule has 2 rings (SSSR count). The van der Waals surface area contributed by atoms with Crippen LogP contribution < -0.4 is 0 Å². The normalized spacial score (nSPS) is 22.2. The molecule has 6 heteroatoms. The SMILES string of the molecule is CCCC(=N)CC1COCCN1C(=O)C[SH]1C=CC=C1.Cl. The van der Waals surface area contributed by atoms with Crippen LogP contribution in [0.4, 0.5) is 0 Å². The predicted octanol–water partition coefficient (Wildman–Crippen LogP) is 2.89.